The first-order valence-electron chi connectivity index (χ1n) is 13.6. The van der Waals surface area contributed by atoms with E-state index in [1.54, 1.807) is 50.2 Å². The lowest BCUT2D eigenvalue weighted by Crippen LogP contribution is -2.25. The maximum atomic E-state index is 12.9. The SMILES string of the molecule is Cc1onc(-c2c(Cl)cccc2Cl)c1C(=O)NCCCCCCCCNC(=O)c1c(-c2c(Cl)cccc2Cl)noc1C. The normalized spacial score (nSPS) is 11.1. The Morgan fingerprint density at radius 2 is 0.952 bits per heavy atom. The zero-order valence-electron chi connectivity index (χ0n) is 23.2. The Morgan fingerprint density at radius 3 is 1.31 bits per heavy atom. The second-order valence-corrected chi connectivity index (χ2v) is 11.4. The lowest BCUT2D eigenvalue weighted by Gasteiger charge is -2.09. The minimum atomic E-state index is -0.279. The first kappa shape index (κ1) is 31.9. The van der Waals surface area contributed by atoms with Gasteiger partial charge in [-0.2, -0.15) is 0 Å². The van der Waals surface area contributed by atoms with Crippen molar-refractivity contribution < 1.29 is 18.6 Å². The number of benzene rings is 2. The summed E-state index contributed by atoms with van der Waals surface area (Å²) < 4.78 is 10.6. The highest BCUT2D eigenvalue weighted by molar-refractivity contribution is 6.40. The number of carbonyl (C=O) groups is 2. The number of aryl methyl sites for hydroxylation is 2. The van der Waals surface area contributed by atoms with Crippen LogP contribution in [0.1, 0.15) is 70.8 Å². The van der Waals surface area contributed by atoms with Gasteiger partial charge in [-0.25, -0.2) is 0 Å². The second-order valence-electron chi connectivity index (χ2n) is 9.75. The first-order valence-corrected chi connectivity index (χ1v) is 15.1. The third-order valence-electron chi connectivity index (χ3n) is 6.75. The van der Waals surface area contributed by atoms with Crippen molar-refractivity contribution in [3.05, 3.63) is 79.1 Å². The van der Waals surface area contributed by atoms with Gasteiger partial charge in [-0.1, -0.05) is 94.5 Å². The molecule has 0 aliphatic carbocycles. The van der Waals surface area contributed by atoms with E-state index in [1.807, 2.05) is 0 Å². The number of unbranched alkanes of at least 4 members (excludes halogenated alkanes) is 5. The highest BCUT2D eigenvalue weighted by Gasteiger charge is 2.25. The fraction of sp³-hybridized carbons (Fsp3) is 0.333. The fourth-order valence-electron chi connectivity index (χ4n) is 4.61. The molecule has 0 aliphatic rings. The maximum Gasteiger partial charge on any atom is 0.257 e. The molecule has 12 heteroatoms. The topological polar surface area (TPSA) is 110 Å². The molecule has 0 saturated carbocycles. The van der Waals surface area contributed by atoms with Crippen molar-refractivity contribution in [2.45, 2.75) is 52.4 Å². The van der Waals surface area contributed by atoms with E-state index in [-0.39, 0.29) is 11.8 Å². The van der Waals surface area contributed by atoms with Crippen molar-refractivity contribution in [3.63, 3.8) is 0 Å². The minimum Gasteiger partial charge on any atom is -0.360 e. The lowest BCUT2D eigenvalue weighted by molar-refractivity contribution is 0.0943. The highest BCUT2D eigenvalue weighted by Crippen LogP contribution is 2.38. The third-order valence-corrected chi connectivity index (χ3v) is 8.01. The second kappa shape index (κ2) is 14.9. The summed E-state index contributed by atoms with van der Waals surface area (Å²) in [6.07, 6.45) is 5.60. The van der Waals surface area contributed by atoms with E-state index in [1.165, 1.54) is 0 Å². The van der Waals surface area contributed by atoms with Gasteiger partial charge >= 0.3 is 0 Å². The number of nitrogens with zero attached hydrogens (tertiary/aromatic N) is 2. The Kier molecular flexibility index (Phi) is 11.3. The number of aromatic nitrogens is 2. The molecule has 0 atom stereocenters. The largest absolute Gasteiger partial charge is 0.360 e. The molecule has 0 radical (unpaired) electrons. The van der Waals surface area contributed by atoms with Crippen LogP contribution in [0.15, 0.2) is 45.4 Å². The molecule has 0 aliphatic heterocycles. The van der Waals surface area contributed by atoms with Gasteiger partial charge in [0.05, 0.1) is 20.1 Å². The predicted octanol–water partition coefficient (Wildman–Crippen LogP) is 8.73. The molecule has 2 aromatic heterocycles. The van der Waals surface area contributed by atoms with E-state index in [2.05, 4.69) is 20.9 Å². The molecular weight excluding hydrogens is 622 g/mol. The van der Waals surface area contributed by atoms with Crippen molar-refractivity contribution in [2.24, 2.45) is 0 Å². The van der Waals surface area contributed by atoms with Crippen molar-refractivity contribution in [1.29, 1.82) is 0 Å². The Hall–Kier alpha value is -3.04. The zero-order valence-corrected chi connectivity index (χ0v) is 26.2. The summed E-state index contributed by atoms with van der Waals surface area (Å²) in [5.74, 6) is 0.235. The summed E-state index contributed by atoms with van der Waals surface area (Å²) in [5.41, 5.74) is 2.26. The van der Waals surface area contributed by atoms with E-state index in [4.69, 9.17) is 55.4 Å². The van der Waals surface area contributed by atoms with Crippen LogP contribution < -0.4 is 10.6 Å². The molecule has 0 fully saturated rings. The molecule has 0 saturated heterocycles. The molecule has 4 aromatic rings. The Balaban J connectivity index is 1.15. The van der Waals surface area contributed by atoms with Gasteiger partial charge in [-0.15, -0.1) is 0 Å². The molecule has 8 nitrogen and oxygen atoms in total. The predicted molar refractivity (Wildman–Crippen MR) is 166 cm³/mol. The number of rotatable bonds is 13. The molecule has 222 valence electrons. The van der Waals surface area contributed by atoms with Crippen molar-refractivity contribution >= 4 is 58.2 Å². The molecule has 42 heavy (non-hydrogen) atoms. The Bertz CT molecular complexity index is 1410. The van der Waals surface area contributed by atoms with E-state index >= 15 is 0 Å². The van der Waals surface area contributed by atoms with Crippen molar-refractivity contribution in [2.75, 3.05) is 13.1 Å². The highest BCUT2D eigenvalue weighted by atomic mass is 35.5. The molecule has 2 aromatic carbocycles. The summed E-state index contributed by atoms with van der Waals surface area (Å²) >= 11 is 25.2. The van der Waals surface area contributed by atoms with Crippen LogP contribution in [0.25, 0.3) is 22.5 Å². The van der Waals surface area contributed by atoms with Gasteiger partial charge in [-0.05, 0) is 51.0 Å². The minimum absolute atomic E-state index is 0.279. The molecule has 2 heterocycles. The van der Waals surface area contributed by atoms with Crippen molar-refractivity contribution in [1.82, 2.24) is 20.9 Å². The van der Waals surface area contributed by atoms with Gasteiger partial charge < -0.3 is 19.7 Å². The van der Waals surface area contributed by atoms with Gasteiger partial charge in [0.2, 0.25) is 0 Å². The van der Waals surface area contributed by atoms with Crippen molar-refractivity contribution in [3.8, 4) is 22.5 Å². The van der Waals surface area contributed by atoms with E-state index in [0.29, 0.717) is 78.3 Å². The quantitative estimate of drug-likeness (QED) is 0.140. The maximum absolute atomic E-state index is 12.9. The van der Waals surface area contributed by atoms with E-state index < -0.39 is 0 Å². The summed E-state index contributed by atoms with van der Waals surface area (Å²) in [5, 5.41) is 15.5. The number of halogens is 4. The van der Waals surface area contributed by atoms with Crippen LogP contribution in [0.5, 0.6) is 0 Å². The molecule has 0 bridgehead atoms. The average molecular weight is 652 g/mol. The third kappa shape index (κ3) is 7.48. The molecule has 2 N–H and O–H groups in total. The van der Waals surface area contributed by atoms with Gasteiger partial charge in [0.15, 0.2) is 0 Å². The van der Waals surface area contributed by atoms with Gasteiger partial charge in [0, 0.05) is 24.2 Å². The van der Waals surface area contributed by atoms with Crippen LogP contribution in [0.3, 0.4) is 0 Å². The van der Waals surface area contributed by atoms with Gasteiger partial charge in [0.25, 0.3) is 11.8 Å². The van der Waals surface area contributed by atoms with Gasteiger partial charge in [-0.3, -0.25) is 9.59 Å². The number of nitrogens with one attached hydrogen (secondary N) is 2. The standard InChI is InChI=1S/C30H30Cl4N4O4/c1-17-23(27(37-41-17)25-19(31)11-9-12-20(25)32)29(39)35-15-7-5-3-4-6-8-16-36-30(40)24-18(2)42-38-28(24)26-21(33)13-10-14-22(26)34/h9-14H,3-8,15-16H2,1-2H3,(H,35,39)(H,36,40). The lowest BCUT2D eigenvalue weighted by atomic mass is 10.0. The summed E-state index contributed by atoms with van der Waals surface area (Å²) in [4.78, 5) is 25.8. The first-order chi connectivity index (χ1) is 20.2. The van der Waals surface area contributed by atoms with Gasteiger partial charge in [0.1, 0.15) is 34.0 Å². The molecule has 4 rings (SSSR count). The summed E-state index contributed by atoms with van der Waals surface area (Å²) in [6.45, 7) is 4.40. The molecule has 0 unspecified atom stereocenters. The number of amides is 2. The molecular formula is C30H30Cl4N4O4. The number of hydrogen-bond acceptors (Lipinski definition) is 6. The molecule has 2 amide bonds. The fourth-order valence-corrected chi connectivity index (χ4v) is 5.76. The van der Waals surface area contributed by atoms with E-state index in [9.17, 15) is 9.59 Å². The van der Waals surface area contributed by atoms with Crippen LogP contribution in [0.4, 0.5) is 0 Å². The molecule has 0 spiro atoms. The average Bonchev–Trinajstić information content (AvgIpc) is 3.51. The van der Waals surface area contributed by atoms with Crippen LogP contribution >= 0.6 is 46.4 Å². The summed E-state index contributed by atoms with van der Waals surface area (Å²) in [6, 6.07) is 10.2. The number of hydrogen-bond donors (Lipinski definition) is 2. The Morgan fingerprint density at radius 1 is 0.619 bits per heavy atom. The summed E-state index contributed by atoms with van der Waals surface area (Å²) in [7, 11) is 0. The van der Waals surface area contributed by atoms with Crippen LogP contribution in [0, 0.1) is 13.8 Å². The Labute approximate surface area is 264 Å². The van der Waals surface area contributed by atoms with Crippen LogP contribution in [-0.2, 0) is 0 Å². The number of carbonyl (C=O) groups excluding carboxylic acids is 2. The van der Waals surface area contributed by atoms with Crippen LogP contribution in [-0.4, -0.2) is 35.2 Å². The van der Waals surface area contributed by atoms with E-state index in [0.717, 1.165) is 38.5 Å². The van der Waals surface area contributed by atoms with Crippen LogP contribution in [0.2, 0.25) is 20.1 Å². The smallest absolute Gasteiger partial charge is 0.257 e. The monoisotopic (exact) mass is 650 g/mol. The zero-order chi connectivity index (χ0) is 30.2.